The number of hydrogen-bond acceptors (Lipinski definition) is 5. The van der Waals surface area contributed by atoms with E-state index in [9.17, 15) is 23.1 Å². The quantitative estimate of drug-likeness (QED) is 0.795. The monoisotopic (exact) mass is 354 g/mol. The second-order valence-electron chi connectivity index (χ2n) is 5.85. The lowest BCUT2D eigenvalue weighted by atomic mass is 9.96. The number of carbonyl (C=O) groups is 2. The van der Waals surface area contributed by atoms with Gasteiger partial charge >= 0.3 is 0 Å². The van der Waals surface area contributed by atoms with Crippen LogP contribution in [0.25, 0.3) is 0 Å². The number of aromatic hydroxyl groups is 1. The number of hydrogen-bond donors (Lipinski definition) is 2. The van der Waals surface area contributed by atoms with Crippen molar-refractivity contribution in [2.24, 2.45) is 5.92 Å². The molecule has 1 aliphatic heterocycles. The van der Waals surface area contributed by atoms with Gasteiger partial charge in [-0.2, -0.15) is 0 Å². The predicted molar refractivity (Wildman–Crippen MR) is 89.4 cm³/mol. The summed E-state index contributed by atoms with van der Waals surface area (Å²) in [5.74, 6) is -0.802. The van der Waals surface area contributed by atoms with Gasteiger partial charge in [-0.3, -0.25) is 9.59 Å². The number of piperidine rings is 1. The number of nitrogens with zero attached hydrogens (tertiary/aromatic N) is 1. The predicted octanol–water partition coefficient (Wildman–Crippen LogP) is 1.38. The Hall–Kier alpha value is -2.09. The summed E-state index contributed by atoms with van der Waals surface area (Å²) in [6.07, 6.45) is 1.08. The maximum Gasteiger partial charge on any atom is 0.227 e. The van der Waals surface area contributed by atoms with Crippen molar-refractivity contribution in [1.29, 1.82) is 0 Å². The van der Waals surface area contributed by atoms with Crippen LogP contribution in [0.4, 0.5) is 5.69 Å². The van der Waals surface area contributed by atoms with Gasteiger partial charge in [0.05, 0.1) is 16.3 Å². The summed E-state index contributed by atoms with van der Waals surface area (Å²) in [7, 11) is -3.42. The number of sulfone groups is 1. The van der Waals surface area contributed by atoms with Crippen LogP contribution in [0.3, 0.4) is 0 Å². The maximum atomic E-state index is 12.4. The molecule has 1 saturated heterocycles. The van der Waals surface area contributed by atoms with E-state index in [1.54, 1.807) is 4.90 Å². The average Bonchev–Trinajstić information content (AvgIpc) is 2.56. The Labute approximate surface area is 141 Å². The van der Waals surface area contributed by atoms with E-state index >= 15 is 0 Å². The molecule has 0 bridgehead atoms. The van der Waals surface area contributed by atoms with Crippen molar-refractivity contribution < 1.29 is 23.1 Å². The van der Waals surface area contributed by atoms with Crippen LogP contribution < -0.4 is 5.32 Å². The molecule has 2 N–H and O–H groups in total. The van der Waals surface area contributed by atoms with E-state index in [0.29, 0.717) is 25.9 Å². The van der Waals surface area contributed by atoms with Gasteiger partial charge in [-0.1, -0.05) is 6.92 Å². The lowest BCUT2D eigenvalue weighted by Gasteiger charge is -2.30. The number of benzene rings is 1. The molecule has 0 saturated carbocycles. The Bertz CT molecular complexity index is 737. The highest BCUT2D eigenvalue weighted by Gasteiger charge is 2.26. The summed E-state index contributed by atoms with van der Waals surface area (Å²) in [6.45, 7) is 4.06. The number of phenolic OH excluding ortho intramolecular Hbond substituents is 1. The van der Waals surface area contributed by atoms with Crippen molar-refractivity contribution in [3.05, 3.63) is 18.2 Å². The van der Waals surface area contributed by atoms with Crippen molar-refractivity contribution in [3.63, 3.8) is 0 Å². The van der Waals surface area contributed by atoms with Gasteiger partial charge in [0.15, 0.2) is 9.84 Å². The zero-order valence-corrected chi connectivity index (χ0v) is 14.6. The molecule has 132 valence electrons. The molecule has 0 aromatic heterocycles. The zero-order valence-electron chi connectivity index (χ0n) is 13.8. The average molecular weight is 354 g/mol. The van der Waals surface area contributed by atoms with E-state index in [1.165, 1.54) is 32.0 Å². The van der Waals surface area contributed by atoms with Gasteiger partial charge < -0.3 is 15.3 Å². The number of nitrogens with one attached hydrogen (secondary N) is 1. The van der Waals surface area contributed by atoms with Gasteiger partial charge in [0, 0.05) is 25.9 Å². The first-order valence-electron chi connectivity index (χ1n) is 7.86. The summed E-state index contributed by atoms with van der Waals surface area (Å²) >= 11 is 0. The fourth-order valence-corrected chi connectivity index (χ4v) is 3.57. The van der Waals surface area contributed by atoms with Crippen molar-refractivity contribution >= 4 is 27.3 Å². The lowest BCUT2D eigenvalue weighted by molar-refractivity contribution is -0.132. The van der Waals surface area contributed by atoms with Gasteiger partial charge in [0.2, 0.25) is 11.8 Å². The van der Waals surface area contributed by atoms with E-state index in [-0.39, 0.29) is 39.8 Å². The van der Waals surface area contributed by atoms with Gasteiger partial charge in [0.1, 0.15) is 5.75 Å². The summed E-state index contributed by atoms with van der Waals surface area (Å²) in [5, 5.41) is 12.5. The highest BCUT2D eigenvalue weighted by Crippen LogP contribution is 2.28. The first-order chi connectivity index (χ1) is 11.2. The molecule has 0 aliphatic carbocycles. The normalized spacial score (nSPS) is 16.0. The maximum absolute atomic E-state index is 12.4. The summed E-state index contributed by atoms with van der Waals surface area (Å²) in [6, 6.07) is 3.85. The zero-order chi connectivity index (χ0) is 17.9. The number of carbonyl (C=O) groups excluding carboxylic acids is 2. The molecule has 2 amide bonds. The first-order valence-corrected chi connectivity index (χ1v) is 9.52. The molecule has 1 aromatic rings. The number of rotatable bonds is 4. The van der Waals surface area contributed by atoms with Crippen molar-refractivity contribution in [1.82, 2.24) is 4.90 Å². The van der Waals surface area contributed by atoms with Gasteiger partial charge in [-0.05, 0) is 31.0 Å². The fraction of sp³-hybridized carbons (Fsp3) is 0.500. The molecule has 1 fully saturated rings. The van der Waals surface area contributed by atoms with Crippen LogP contribution in [-0.2, 0) is 19.4 Å². The minimum absolute atomic E-state index is 0.0102. The molecule has 7 nitrogen and oxygen atoms in total. The molecular formula is C16H22N2O5S. The third-order valence-corrected chi connectivity index (χ3v) is 6.01. The van der Waals surface area contributed by atoms with E-state index in [2.05, 4.69) is 5.32 Å². The second kappa shape index (κ2) is 7.21. The standard InChI is InChI=1S/C16H22N2O5S/c1-3-24(22,23)13-4-5-15(20)14(10-13)17-16(21)12-6-8-18(9-7-12)11(2)19/h4-5,10,12,20H,3,6-9H2,1-2H3,(H,17,21). The van der Waals surface area contributed by atoms with Crippen LogP contribution in [0.5, 0.6) is 5.75 Å². The Kier molecular flexibility index (Phi) is 5.48. The SMILES string of the molecule is CCS(=O)(=O)c1ccc(O)c(NC(=O)C2CCN(C(C)=O)CC2)c1. The molecule has 1 heterocycles. The van der Waals surface area contributed by atoms with E-state index in [1.807, 2.05) is 0 Å². The summed E-state index contributed by atoms with van der Waals surface area (Å²) in [5.41, 5.74) is 0.0866. The van der Waals surface area contributed by atoms with Crippen LogP contribution in [0.15, 0.2) is 23.1 Å². The Morgan fingerprint density at radius 1 is 1.29 bits per heavy atom. The summed E-state index contributed by atoms with van der Waals surface area (Å²) < 4.78 is 23.8. The summed E-state index contributed by atoms with van der Waals surface area (Å²) in [4.78, 5) is 25.4. The van der Waals surface area contributed by atoms with Gasteiger partial charge in [-0.15, -0.1) is 0 Å². The fourth-order valence-electron chi connectivity index (χ4n) is 2.67. The van der Waals surface area contributed by atoms with E-state index in [4.69, 9.17) is 0 Å². The largest absolute Gasteiger partial charge is 0.506 e. The smallest absolute Gasteiger partial charge is 0.227 e. The minimum Gasteiger partial charge on any atom is -0.506 e. The Morgan fingerprint density at radius 2 is 1.92 bits per heavy atom. The highest BCUT2D eigenvalue weighted by molar-refractivity contribution is 7.91. The molecule has 1 aromatic carbocycles. The molecule has 1 aliphatic rings. The van der Waals surface area contributed by atoms with Crippen LogP contribution >= 0.6 is 0 Å². The van der Waals surface area contributed by atoms with Crippen molar-refractivity contribution in [3.8, 4) is 5.75 Å². The van der Waals surface area contributed by atoms with Crippen molar-refractivity contribution in [2.45, 2.75) is 31.6 Å². The molecular weight excluding hydrogens is 332 g/mol. The molecule has 24 heavy (non-hydrogen) atoms. The number of likely N-dealkylation sites (tertiary alicyclic amines) is 1. The second-order valence-corrected chi connectivity index (χ2v) is 8.13. The van der Waals surface area contributed by atoms with Crippen molar-refractivity contribution in [2.75, 3.05) is 24.2 Å². The number of phenols is 1. The first kappa shape index (κ1) is 18.3. The molecule has 0 radical (unpaired) electrons. The molecule has 8 heteroatoms. The Morgan fingerprint density at radius 3 is 2.46 bits per heavy atom. The third-order valence-electron chi connectivity index (χ3n) is 4.28. The molecule has 0 atom stereocenters. The van der Waals surface area contributed by atoms with Gasteiger partial charge in [-0.25, -0.2) is 8.42 Å². The lowest BCUT2D eigenvalue weighted by Crippen LogP contribution is -2.40. The third kappa shape index (κ3) is 4.05. The Balaban J connectivity index is 2.09. The number of amides is 2. The highest BCUT2D eigenvalue weighted by atomic mass is 32.2. The molecule has 2 rings (SSSR count). The van der Waals surface area contributed by atoms with E-state index < -0.39 is 9.84 Å². The molecule has 0 spiro atoms. The topological polar surface area (TPSA) is 104 Å². The minimum atomic E-state index is -3.42. The van der Waals surface area contributed by atoms with Gasteiger partial charge in [0.25, 0.3) is 0 Å². The van der Waals surface area contributed by atoms with Crippen LogP contribution in [-0.4, -0.2) is 49.1 Å². The number of anilines is 1. The van der Waals surface area contributed by atoms with Crippen LogP contribution in [0.1, 0.15) is 26.7 Å². The van der Waals surface area contributed by atoms with Crippen LogP contribution in [0.2, 0.25) is 0 Å². The van der Waals surface area contributed by atoms with Crippen LogP contribution in [0, 0.1) is 5.92 Å². The van der Waals surface area contributed by atoms with E-state index in [0.717, 1.165) is 0 Å². The molecule has 0 unspecified atom stereocenters.